The zero-order valence-electron chi connectivity index (χ0n) is 14.2. The third-order valence-corrected chi connectivity index (χ3v) is 8.56. The minimum atomic E-state index is -0.553. The number of carbonyl (C=O) groups excluding carboxylic acids is 2. The normalized spacial score (nSPS) is 41.2. The predicted molar refractivity (Wildman–Crippen MR) is 89.1 cm³/mol. The van der Waals surface area contributed by atoms with E-state index in [-0.39, 0.29) is 27.3 Å². The number of carbonyl (C=O) groups is 2. The predicted octanol–water partition coefficient (Wildman–Crippen LogP) is 0.892. The van der Waals surface area contributed by atoms with Crippen molar-refractivity contribution in [3.05, 3.63) is 0 Å². The minimum Gasteiger partial charge on any atom is -0.332 e. The van der Waals surface area contributed by atoms with Crippen molar-refractivity contribution in [2.75, 3.05) is 32.7 Å². The van der Waals surface area contributed by atoms with Gasteiger partial charge >= 0.3 is 0 Å². The lowest BCUT2D eigenvalue weighted by molar-refractivity contribution is -0.902. The van der Waals surface area contributed by atoms with Crippen LogP contribution in [-0.4, -0.2) is 54.1 Å². The number of fused-ring (bicyclic) bond motifs is 2. The SMILES string of the molecule is CC[NH+]1CCN(C(=O)[C@]23CC[C@](C)(C(=O)[C@@H]2Br)C3(C)C)CC1. The molecule has 0 aromatic heterocycles. The number of piperazine rings is 1. The summed E-state index contributed by atoms with van der Waals surface area (Å²) >= 11 is 3.62. The molecule has 0 aromatic carbocycles. The molecule has 1 heterocycles. The van der Waals surface area contributed by atoms with E-state index in [0.29, 0.717) is 0 Å². The zero-order valence-corrected chi connectivity index (χ0v) is 15.8. The Balaban J connectivity index is 1.90. The Kier molecular flexibility index (Phi) is 3.76. The molecule has 1 amide bonds. The van der Waals surface area contributed by atoms with Gasteiger partial charge in [-0.05, 0) is 25.2 Å². The van der Waals surface area contributed by atoms with Gasteiger partial charge in [0.1, 0.15) is 0 Å². The summed E-state index contributed by atoms with van der Waals surface area (Å²) in [5, 5.41) is 0. The number of quaternary nitrogens is 1. The van der Waals surface area contributed by atoms with Crippen LogP contribution in [0.3, 0.4) is 0 Å². The highest BCUT2D eigenvalue weighted by Gasteiger charge is 2.77. The Morgan fingerprint density at radius 2 is 1.86 bits per heavy atom. The minimum absolute atomic E-state index is 0.212. The summed E-state index contributed by atoms with van der Waals surface area (Å²) in [5.41, 5.74) is -1.20. The molecule has 1 N–H and O–H groups in total. The van der Waals surface area contributed by atoms with Crippen molar-refractivity contribution in [1.29, 1.82) is 0 Å². The van der Waals surface area contributed by atoms with E-state index in [2.05, 4.69) is 43.6 Å². The highest BCUT2D eigenvalue weighted by Crippen LogP contribution is 2.72. The number of likely N-dealkylation sites (N-methyl/N-ethyl adjacent to an activating group) is 1. The van der Waals surface area contributed by atoms with E-state index in [1.807, 2.05) is 4.90 Å². The second kappa shape index (κ2) is 5.04. The average molecular weight is 372 g/mol. The Morgan fingerprint density at radius 3 is 2.32 bits per heavy atom. The molecule has 5 heteroatoms. The molecule has 3 fully saturated rings. The van der Waals surface area contributed by atoms with Crippen molar-refractivity contribution in [3.63, 3.8) is 0 Å². The zero-order chi connectivity index (χ0) is 16.3. The number of Topliss-reactive ketones (excluding diaryl/α,β-unsaturated/α-hetero) is 1. The third-order valence-electron chi connectivity index (χ3n) is 7.36. The molecule has 22 heavy (non-hydrogen) atoms. The first-order valence-corrected chi connectivity index (χ1v) is 9.45. The van der Waals surface area contributed by atoms with Crippen LogP contribution < -0.4 is 4.90 Å². The van der Waals surface area contributed by atoms with Crippen LogP contribution in [-0.2, 0) is 9.59 Å². The first kappa shape index (κ1) is 16.4. The van der Waals surface area contributed by atoms with Crippen molar-refractivity contribution in [2.45, 2.75) is 45.4 Å². The molecule has 0 radical (unpaired) electrons. The fourth-order valence-corrected chi connectivity index (χ4v) is 6.59. The van der Waals surface area contributed by atoms with E-state index in [1.54, 1.807) is 4.90 Å². The topological polar surface area (TPSA) is 41.8 Å². The second-order valence-electron chi connectivity index (χ2n) is 8.05. The Morgan fingerprint density at radius 1 is 1.27 bits per heavy atom. The summed E-state index contributed by atoms with van der Waals surface area (Å²) in [6, 6.07) is 0. The van der Waals surface area contributed by atoms with Gasteiger partial charge in [0, 0.05) is 5.41 Å². The van der Waals surface area contributed by atoms with Gasteiger partial charge < -0.3 is 9.80 Å². The molecule has 0 unspecified atom stereocenters. The van der Waals surface area contributed by atoms with E-state index in [0.717, 1.165) is 45.6 Å². The number of ketones is 1. The molecule has 2 aliphatic carbocycles. The number of rotatable bonds is 2. The molecule has 2 bridgehead atoms. The number of hydrogen-bond acceptors (Lipinski definition) is 2. The van der Waals surface area contributed by atoms with Crippen LogP contribution in [0.5, 0.6) is 0 Å². The van der Waals surface area contributed by atoms with Gasteiger partial charge in [-0.2, -0.15) is 0 Å². The molecular formula is C17H28BrN2O2+. The maximum atomic E-state index is 13.4. The van der Waals surface area contributed by atoms with Crippen molar-refractivity contribution >= 4 is 27.6 Å². The smallest absolute Gasteiger partial charge is 0.231 e. The Bertz CT molecular complexity index is 513. The number of amides is 1. The van der Waals surface area contributed by atoms with E-state index in [9.17, 15) is 9.59 Å². The van der Waals surface area contributed by atoms with Gasteiger partial charge in [-0.15, -0.1) is 0 Å². The first-order chi connectivity index (χ1) is 10.2. The van der Waals surface area contributed by atoms with Crippen LogP contribution in [0, 0.1) is 16.2 Å². The number of nitrogens with one attached hydrogen (secondary N) is 1. The number of alkyl halides is 1. The molecular weight excluding hydrogens is 344 g/mol. The van der Waals surface area contributed by atoms with E-state index < -0.39 is 5.41 Å². The fraction of sp³-hybridized carbons (Fsp3) is 0.882. The van der Waals surface area contributed by atoms with Crippen molar-refractivity contribution in [3.8, 4) is 0 Å². The van der Waals surface area contributed by atoms with Gasteiger partial charge in [-0.1, -0.05) is 36.7 Å². The van der Waals surface area contributed by atoms with Gasteiger partial charge in [-0.3, -0.25) is 9.59 Å². The van der Waals surface area contributed by atoms with Crippen molar-refractivity contribution in [2.24, 2.45) is 16.2 Å². The molecule has 3 atom stereocenters. The third kappa shape index (κ3) is 1.73. The lowest BCUT2D eigenvalue weighted by Crippen LogP contribution is -3.14. The standard InChI is InChI=1S/C17H27BrN2O2/c1-5-19-8-10-20(11-9-19)14(22)17-7-6-16(4,15(17,2)3)13(21)12(17)18/h12H,5-11H2,1-4H3/p+1/t12-,16+,17-/m0/s1. The maximum absolute atomic E-state index is 13.4. The highest BCUT2D eigenvalue weighted by atomic mass is 79.9. The van der Waals surface area contributed by atoms with Crippen LogP contribution in [0.15, 0.2) is 0 Å². The van der Waals surface area contributed by atoms with E-state index >= 15 is 0 Å². The molecule has 1 saturated heterocycles. The molecule has 1 aliphatic heterocycles. The van der Waals surface area contributed by atoms with Crippen LogP contribution >= 0.6 is 15.9 Å². The summed E-state index contributed by atoms with van der Waals surface area (Å²) in [7, 11) is 0. The van der Waals surface area contributed by atoms with E-state index in [4.69, 9.17) is 0 Å². The van der Waals surface area contributed by atoms with Crippen LogP contribution in [0.4, 0.5) is 0 Å². The quantitative estimate of drug-likeness (QED) is 0.732. The average Bonchev–Trinajstić information content (AvgIpc) is 2.79. The largest absolute Gasteiger partial charge is 0.332 e. The van der Waals surface area contributed by atoms with Crippen molar-refractivity contribution < 1.29 is 14.5 Å². The highest BCUT2D eigenvalue weighted by molar-refractivity contribution is 9.10. The lowest BCUT2D eigenvalue weighted by atomic mass is 9.64. The summed E-state index contributed by atoms with van der Waals surface area (Å²) in [6.45, 7) is 13.3. The molecule has 2 saturated carbocycles. The summed E-state index contributed by atoms with van der Waals surface area (Å²) in [5.74, 6) is 0.444. The second-order valence-corrected chi connectivity index (χ2v) is 8.97. The Hall–Kier alpha value is -0.420. The van der Waals surface area contributed by atoms with Gasteiger partial charge in [-0.25, -0.2) is 0 Å². The first-order valence-electron chi connectivity index (χ1n) is 8.53. The molecule has 4 nitrogen and oxygen atoms in total. The van der Waals surface area contributed by atoms with Gasteiger partial charge in [0.2, 0.25) is 5.91 Å². The van der Waals surface area contributed by atoms with Crippen LogP contribution in [0.2, 0.25) is 0 Å². The summed E-state index contributed by atoms with van der Waals surface area (Å²) in [4.78, 5) is 29.5. The monoisotopic (exact) mass is 371 g/mol. The molecule has 3 aliphatic rings. The Labute approximate surface area is 141 Å². The van der Waals surface area contributed by atoms with Crippen LogP contribution in [0.1, 0.15) is 40.5 Å². The number of nitrogens with zero attached hydrogens (tertiary/aromatic N) is 1. The van der Waals surface area contributed by atoms with Gasteiger partial charge in [0.25, 0.3) is 0 Å². The number of halogens is 1. The summed E-state index contributed by atoms with van der Waals surface area (Å²) in [6.07, 6.45) is 1.67. The molecule has 0 aromatic rings. The fourth-order valence-electron chi connectivity index (χ4n) is 5.09. The molecule has 3 rings (SSSR count). The lowest BCUT2D eigenvalue weighted by Gasteiger charge is -2.44. The van der Waals surface area contributed by atoms with E-state index in [1.165, 1.54) is 0 Å². The molecule has 0 spiro atoms. The van der Waals surface area contributed by atoms with Crippen LogP contribution in [0.25, 0.3) is 0 Å². The summed E-state index contributed by atoms with van der Waals surface area (Å²) < 4.78 is 0. The van der Waals surface area contributed by atoms with Gasteiger partial charge in [0.05, 0.1) is 43.0 Å². The van der Waals surface area contributed by atoms with Crippen molar-refractivity contribution in [1.82, 2.24) is 4.90 Å². The number of hydrogen-bond donors (Lipinski definition) is 1. The molecule has 124 valence electrons. The maximum Gasteiger partial charge on any atom is 0.231 e. The van der Waals surface area contributed by atoms with Gasteiger partial charge in [0.15, 0.2) is 5.78 Å².